The van der Waals surface area contributed by atoms with E-state index in [0.717, 1.165) is 45.6 Å². The van der Waals surface area contributed by atoms with E-state index in [-0.39, 0.29) is 17.4 Å². The number of benzene rings is 1. The van der Waals surface area contributed by atoms with Gasteiger partial charge in [0.05, 0.1) is 16.8 Å². The number of para-hydroxylation sites is 1. The summed E-state index contributed by atoms with van der Waals surface area (Å²) in [6, 6.07) is 10.1. The molecule has 1 spiro atoms. The lowest BCUT2D eigenvalue weighted by Crippen LogP contribution is -2.29. The second-order valence-corrected chi connectivity index (χ2v) is 8.88. The summed E-state index contributed by atoms with van der Waals surface area (Å²) in [7, 11) is 5.51. The predicted molar refractivity (Wildman–Crippen MR) is 119 cm³/mol. The number of aromatic amines is 1. The number of nitrogens with zero attached hydrogens (tertiary/aromatic N) is 4. The molecule has 31 heavy (non-hydrogen) atoms. The van der Waals surface area contributed by atoms with Gasteiger partial charge in [-0.1, -0.05) is 18.2 Å². The zero-order chi connectivity index (χ0) is 21.7. The lowest BCUT2D eigenvalue weighted by atomic mass is 9.91. The van der Waals surface area contributed by atoms with Crippen LogP contribution in [0.15, 0.2) is 47.5 Å². The summed E-state index contributed by atoms with van der Waals surface area (Å²) in [4.78, 5) is 31.4. The summed E-state index contributed by atoms with van der Waals surface area (Å²) in [5.74, 6) is 0.179. The maximum Gasteiger partial charge on any atom is 0.274 e. The number of rotatable bonds is 2. The molecule has 1 aliphatic heterocycles. The number of pyridine rings is 1. The van der Waals surface area contributed by atoms with Crippen LogP contribution in [0, 0.1) is 6.92 Å². The largest absolute Gasteiger partial charge is 0.350 e. The second kappa shape index (κ2) is 5.75. The third kappa shape index (κ3) is 2.20. The molecule has 4 aromatic rings. The number of aromatic nitrogens is 4. The molecule has 1 aliphatic carbocycles. The molecule has 6 rings (SSSR count). The van der Waals surface area contributed by atoms with Crippen molar-refractivity contribution in [1.29, 1.82) is 0 Å². The van der Waals surface area contributed by atoms with E-state index in [9.17, 15) is 9.59 Å². The van der Waals surface area contributed by atoms with E-state index in [2.05, 4.69) is 16.1 Å². The highest BCUT2D eigenvalue weighted by atomic mass is 16.2. The molecule has 0 saturated heterocycles. The van der Waals surface area contributed by atoms with Crippen molar-refractivity contribution in [3.8, 4) is 11.3 Å². The minimum atomic E-state index is -0.530. The summed E-state index contributed by atoms with van der Waals surface area (Å²) < 4.78 is 3.39. The zero-order valence-corrected chi connectivity index (χ0v) is 17.9. The molecule has 4 heterocycles. The first-order chi connectivity index (χ1) is 14.8. The number of fused-ring (bicyclic) bond motifs is 3. The Hall–Kier alpha value is -3.61. The maximum absolute atomic E-state index is 13.3. The van der Waals surface area contributed by atoms with E-state index in [1.165, 1.54) is 0 Å². The fourth-order valence-corrected chi connectivity index (χ4v) is 5.49. The minimum absolute atomic E-state index is 0.0408. The molecule has 2 atom stereocenters. The number of anilines is 1. The number of aryl methyl sites for hydroxylation is 3. The molecule has 156 valence electrons. The monoisotopic (exact) mass is 413 g/mol. The van der Waals surface area contributed by atoms with Gasteiger partial charge in [-0.15, -0.1) is 0 Å². The summed E-state index contributed by atoms with van der Waals surface area (Å²) in [5.41, 5.74) is 5.83. The van der Waals surface area contributed by atoms with Crippen LogP contribution in [0.3, 0.4) is 0 Å². The van der Waals surface area contributed by atoms with Crippen molar-refractivity contribution in [2.75, 3.05) is 11.9 Å². The van der Waals surface area contributed by atoms with E-state index in [4.69, 9.17) is 0 Å². The molecule has 7 heteroatoms. The Labute approximate surface area is 178 Å². The average molecular weight is 413 g/mol. The number of nitrogens with one attached hydrogen (secondary N) is 1. The quantitative estimate of drug-likeness (QED) is 0.549. The van der Waals surface area contributed by atoms with Crippen LogP contribution >= 0.6 is 0 Å². The van der Waals surface area contributed by atoms with Crippen LogP contribution < -0.4 is 10.5 Å². The molecule has 1 N–H and O–H groups in total. The first-order valence-electron chi connectivity index (χ1n) is 10.4. The van der Waals surface area contributed by atoms with Gasteiger partial charge in [-0.25, -0.2) is 0 Å². The standard InChI is InChI=1S/C24H23N5O2/c1-13-15(12-28(3)26-13)19-9-14-16(11-27(2)22(30)21(14)25-19)18-10-24(18)17-7-5-6-8-20(17)29(4)23(24)31/h5-9,11-12,18,25H,10H2,1-4H3/t18-,24-/m0/s1. The molecular formula is C24H23N5O2. The summed E-state index contributed by atoms with van der Waals surface area (Å²) in [6.45, 7) is 1.96. The van der Waals surface area contributed by atoms with Gasteiger partial charge >= 0.3 is 0 Å². The van der Waals surface area contributed by atoms with Gasteiger partial charge in [0.15, 0.2) is 0 Å². The lowest BCUT2D eigenvalue weighted by molar-refractivity contribution is -0.120. The van der Waals surface area contributed by atoms with E-state index < -0.39 is 5.41 Å². The van der Waals surface area contributed by atoms with Crippen LogP contribution in [-0.2, 0) is 24.3 Å². The van der Waals surface area contributed by atoms with Crippen molar-refractivity contribution >= 4 is 22.5 Å². The molecule has 1 aromatic carbocycles. The topological polar surface area (TPSA) is 75.9 Å². The van der Waals surface area contributed by atoms with Crippen LogP contribution in [0.4, 0.5) is 5.69 Å². The Morgan fingerprint density at radius 2 is 1.90 bits per heavy atom. The van der Waals surface area contributed by atoms with Crippen molar-refractivity contribution in [3.63, 3.8) is 0 Å². The summed E-state index contributed by atoms with van der Waals surface area (Å²) >= 11 is 0. The number of likely N-dealkylation sites (N-methyl/N-ethyl adjacent to an activating group) is 1. The smallest absolute Gasteiger partial charge is 0.274 e. The third-order valence-corrected chi connectivity index (χ3v) is 7.07. The number of H-pyrrole nitrogens is 1. The Bertz CT molecular complexity index is 1470. The highest BCUT2D eigenvalue weighted by Crippen LogP contribution is 2.66. The summed E-state index contributed by atoms with van der Waals surface area (Å²) in [5, 5.41) is 5.32. The van der Waals surface area contributed by atoms with Gasteiger partial charge < -0.3 is 14.5 Å². The van der Waals surface area contributed by atoms with Crippen LogP contribution in [0.1, 0.15) is 29.2 Å². The Balaban J connectivity index is 1.55. The highest BCUT2D eigenvalue weighted by molar-refractivity contribution is 6.11. The van der Waals surface area contributed by atoms with Gasteiger partial charge in [-0.05, 0) is 36.6 Å². The van der Waals surface area contributed by atoms with E-state index in [0.29, 0.717) is 5.52 Å². The Morgan fingerprint density at radius 3 is 2.65 bits per heavy atom. The molecule has 2 aliphatic rings. The normalized spacial score (nSPS) is 22.0. The third-order valence-electron chi connectivity index (χ3n) is 7.07. The van der Waals surface area contributed by atoms with E-state index in [1.54, 1.807) is 21.2 Å². The van der Waals surface area contributed by atoms with Gasteiger partial charge in [0, 0.05) is 56.1 Å². The SMILES string of the molecule is Cc1nn(C)cc1-c1cc2c([C@@H]3C[C@@]34C(=O)N(C)c3ccccc34)cn(C)c(=O)c2[nH]1. The predicted octanol–water partition coefficient (Wildman–Crippen LogP) is 2.98. The number of hydrogen-bond donors (Lipinski definition) is 1. The number of carbonyl (C=O) groups excluding carboxylic acids is 1. The van der Waals surface area contributed by atoms with Gasteiger partial charge in [-0.2, -0.15) is 5.10 Å². The first-order valence-corrected chi connectivity index (χ1v) is 10.4. The van der Waals surface area contributed by atoms with E-state index in [1.807, 2.05) is 57.7 Å². The van der Waals surface area contributed by atoms with Crippen molar-refractivity contribution in [2.45, 2.75) is 24.7 Å². The average Bonchev–Trinajstić information content (AvgIpc) is 3.08. The Kier molecular flexibility index (Phi) is 3.37. The van der Waals surface area contributed by atoms with E-state index >= 15 is 0 Å². The molecule has 1 amide bonds. The molecular weight excluding hydrogens is 390 g/mol. The number of carbonyl (C=O) groups is 1. The van der Waals surface area contributed by atoms with Gasteiger partial charge in [-0.3, -0.25) is 14.3 Å². The molecule has 1 fully saturated rings. The summed E-state index contributed by atoms with van der Waals surface area (Å²) in [6.07, 6.45) is 4.62. The van der Waals surface area contributed by atoms with Gasteiger partial charge in [0.1, 0.15) is 5.52 Å². The lowest BCUT2D eigenvalue weighted by Gasteiger charge is -2.12. The van der Waals surface area contributed by atoms with Gasteiger partial charge in [0.2, 0.25) is 5.91 Å². The zero-order valence-electron chi connectivity index (χ0n) is 17.9. The van der Waals surface area contributed by atoms with Crippen molar-refractivity contribution in [1.82, 2.24) is 19.3 Å². The first kappa shape index (κ1) is 18.2. The van der Waals surface area contributed by atoms with Crippen molar-refractivity contribution in [3.05, 3.63) is 69.9 Å². The van der Waals surface area contributed by atoms with Crippen LogP contribution in [-0.4, -0.2) is 32.3 Å². The van der Waals surface area contributed by atoms with Crippen molar-refractivity contribution in [2.24, 2.45) is 14.1 Å². The molecule has 7 nitrogen and oxygen atoms in total. The number of hydrogen-bond acceptors (Lipinski definition) is 3. The number of amides is 1. The van der Waals surface area contributed by atoms with Gasteiger partial charge in [0.25, 0.3) is 5.56 Å². The minimum Gasteiger partial charge on any atom is -0.350 e. The second-order valence-electron chi connectivity index (χ2n) is 8.88. The maximum atomic E-state index is 13.3. The van der Waals surface area contributed by atoms with Crippen LogP contribution in [0.25, 0.3) is 22.2 Å². The molecule has 0 unspecified atom stereocenters. The Morgan fingerprint density at radius 1 is 1.13 bits per heavy atom. The molecule has 0 bridgehead atoms. The fraction of sp³-hybridized carbons (Fsp3) is 0.292. The molecule has 3 aromatic heterocycles. The van der Waals surface area contributed by atoms with Crippen molar-refractivity contribution < 1.29 is 4.79 Å². The van der Waals surface area contributed by atoms with Crippen LogP contribution in [0.5, 0.6) is 0 Å². The van der Waals surface area contributed by atoms with Crippen LogP contribution in [0.2, 0.25) is 0 Å². The molecule has 0 radical (unpaired) electrons. The highest BCUT2D eigenvalue weighted by Gasteiger charge is 2.67. The molecule has 1 saturated carbocycles. The fourth-order valence-electron chi connectivity index (χ4n) is 5.49.